The highest BCUT2D eigenvalue weighted by Gasteiger charge is 2.15. The third-order valence-electron chi connectivity index (χ3n) is 3.92. The van der Waals surface area contributed by atoms with Gasteiger partial charge in [0.05, 0.1) is 0 Å². The van der Waals surface area contributed by atoms with Crippen LogP contribution in [-0.2, 0) is 4.79 Å². The van der Waals surface area contributed by atoms with Crippen LogP contribution in [0.25, 0.3) is 0 Å². The van der Waals surface area contributed by atoms with E-state index in [9.17, 15) is 9.59 Å². The summed E-state index contributed by atoms with van der Waals surface area (Å²) in [5, 5.41) is 8.68. The maximum atomic E-state index is 12.2. The first kappa shape index (κ1) is 20.3. The lowest BCUT2D eigenvalue weighted by Crippen LogP contribution is -2.35. The monoisotopic (exact) mass is 354 g/mol. The first-order chi connectivity index (χ1) is 11.2. The summed E-state index contributed by atoms with van der Waals surface area (Å²) in [6.07, 6.45) is 4.98. The lowest BCUT2D eigenvalue weighted by Gasteiger charge is -2.20. The molecule has 1 aromatic carbocycles. The molecule has 0 aliphatic carbocycles. The molecule has 0 spiro atoms. The summed E-state index contributed by atoms with van der Waals surface area (Å²) in [5.41, 5.74) is 1.48. The van der Waals surface area contributed by atoms with Crippen LogP contribution in [0.15, 0.2) is 24.3 Å². The van der Waals surface area contributed by atoms with Gasteiger partial charge in [0, 0.05) is 37.4 Å². The van der Waals surface area contributed by atoms with Gasteiger partial charge in [0.2, 0.25) is 5.91 Å². The highest BCUT2D eigenvalue weighted by Crippen LogP contribution is 2.16. The molecule has 0 radical (unpaired) electrons. The molecule has 0 saturated carbocycles. The summed E-state index contributed by atoms with van der Waals surface area (Å²) >= 11 is 0. The van der Waals surface area contributed by atoms with Gasteiger partial charge in [0.1, 0.15) is 0 Å². The molecule has 0 unspecified atom stereocenters. The van der Waals surface area contributed by atoms with Crippen LogP contribution in [0.1, 0.15) is 32.1 Å². The predicted molar refractivity (Wildman–Crippen MR) is 99.9 cm³/mol. The number of halogens is 1. The average Bonchev–Trinajstić information content (AvgIpc) is 2.84. The molecule has 1 fully saturated rings. The third-order valence-corrected chi connectivity index (χ3v) is 3.92. The van der Waals surface area contributed by atoms with E-state index in [-0.39, 0.29) is 24.3 Å². The Kier molecular flexibility index (Phi) is 9.19. The number of likely N-dealkylation sites (tertiary alicyclic amines) is 1. The average molecular weight is 355 g/mol. The van der Waals surface area contributed by atoms with Gasteiger partial charge in [0.15, 0.2) is 0 Å². The van der Waals surface area contributed by atoms with Crippen molar-refractivity contribution in [1.82, 2.24) is 10.2 Å². The third kappa shape index (κ3) is 6.76. The first-order valence-corrected chi connectivity index (χ1v) is 8.29. The van der Waals surface area contributed by atoms with Crippen LogP contribution < -0.4 is 16.0 Å². The van der Waals surface area contributed by atoms with E-state index < -0.39 is 0 Å². The van der Waals surface area contributed by atoms with Gasteiger partial charge in [-0.2, -0.15) is 0 Å². The van der Waals surface area contributed by atoms with Gasteiger partial charge in [-0.3, -0.25) is 4.79 Å². The number of carbonyl (C=O) groups is 2. The number of nitrogens with one attached hydrogen (secondary N) is 3. The van der Waals surface area contributed by atoms with Crippen molar-refractivity contribution in [1.29, 1.82) is 0 Å². The van der Waals surface area contributed by atoms with E-state index in [1.165, 1.54) is 12.8 Å². The van der Waals surface area contributed by atoms with E-state index in [0.717, 1.165) is 37.3 Å². The molecular formula is C17H27ClN4O2. The SMILES string of the molecule is CNCCC(=O)Nc1ccc(NC(=O)N2CCCCCC2)cc1.Cl. The zero-order valence-corrected chi connectivity index (χ0v) is 15.0. The van der Waals surface area contributed by atoms with Gasteiger partial charge in [0.25, 0.3) is 0 Å². The van der Waals surface area contributed by atoms with Gasteiger partial charge in [-0.1, -0.05) is 12.8 Å². The van der Waals surface area contributed by atoms with Crippen molar-refractivity contribution in [3.63, 3.8) is 0 Å². The Morgan fingerprint density at radius 1 is 0.958 bits per heavy atom. The normalized spacial score (nSPS) is 14.3. The number of anilines is 2. The lowest BCUT2D eigenvalue weighted by molar-refractivity contribution is -0.116. The van der Waals surface area contributed by atoms with Gasteiger partial charge in [-0.15, -0.1) is 12.4 Å². The summed E-state index contributed by atoms with van der Waals surface area (Å²) in [7, 11) is 1.81. The molecule has 0 atom stereocenters. The van der Waals surface area contributed by atoms with E-state index >= 15 is 0 Å². The summed E-state index contributed by atoms with van der Waals surface area (Å²) in [5.74, 6) is -0.0271. The fraction of sp³-hybridized carbons (Fsp3) is 0.529. The Bertz CT molecular complexity index is 514. The summed E-state index contributed by atoms with van der Waals surface area (Å²) in [6.45, 7) is 2.30. The lowest BCUT2D eigenvalue weighted by atomic mass is 10.2. The van der Waals surface area contributed by atoms with Crippen molar-refractivity contribution in [3.05, 3.63) is 24.3 Å². The molecule has 0 bridgehead atoms. The van der Waals surface area contributed by atoms with Gasteiger partial charge in [-0.25, -0.2) is 4.79 Å². The van der Waals surface area contributed by atoms with E-state index in [1.807, 2.05) is 24.1 Å². The predicted octanol–water partition coefficient (Wildman–Crippen LogP) is 3.06. The Hall–Kier alpha value is -1.79. The van der Waals surface area contributed by atoms with Crippen molar-refractivity contribution >= 4 is 35.7 Å². The van der Waals surface area contributed by atoms with Crippen molar-refractivity contribution in [3.8, 4) is 0 Å². The van der Waals surface area contributed by atoms with Crippen LogP contribution in [0.2, 0.25) is 0 Å². The molecule has 134 valence electrons. The number of nitrogens with zero attached hydrogens (tertiary/aromatic N) is 1. The largest absolute Gasteiger partial charge is 0.326 e. The molecule has 1 aromatic rings. The Morgan fingerprint density at radius 2 is 1.50 bits per heavy atom. The van der Waals surface area contributed by atoms with Gasteiger partial charge >= 0.3 is 6.03 Å². The number of rotatable bonds is 5. The number of hydrogen-bond acceptors (Lipinski definition) is 3. The highest BCUT2D eigenvalue weighted by molar-refractivity contribution is 5.92. The van der Waals surface area contributed by atoms with Crippen LogP contribution in [0, 0.1) is 0 Å². The fourth-order valence-corrected chi connectivity index (χ4v) is 2.58. The minimum absolute atomic E-state index is 0. The molecule has 24 heavy (non-hydrogen) atoms. The Labute approximate surface area is 149 Å². The van der Waals surface area contributed by atoms with Crippen LogP contribution in [0.3, 0.4) is 0 Å². The minimum Gasteiger partial charge on any atom is -0.326 e. The summed E-state index contributed by atoms with van der Waals surface area (Å²) in [6, 6.07) is 7.18. The number of amides is 3. The molecule has 2 rings (SSSR count). The van der Waals surface area contributed by atoms with E-state index in [4.69, 9.17) is 0 Å². The Balaban J connectivity index is 0.00000288. The molecule has 3 amide bonds. The maximum absolute atomic E-state index is 12.2. The second-order valence-electron chi connectivity index (χ2n) is 5.81. The smallest absolute Gasteiger partial charge is 0.321 e. The number of urea groups is 1. The van der Waals surface area contributed by atoms with E-state index in [0.29, 0.717) is 13.0 Å². The van der Waals surface area contributed by atoms with Crippen molar-refractivity contribution in [2.24, 2.45) is 0 Å². The van der Waals surface area contributed by atoms with Crippen LogP contribution >= 0.6 is 12.4 Å². The molecule has 3 N–H and O–H groups in total. The maximum Gasteiger partial charge on any atom is 0.321 e. The number of carbonyl (C=O) groups excluding carboxylic acids is 2. The van der Waals surface area contributed by atoms with Gasteiger partial charge < -0.3 is 20.9 Å². The quantitative estimate of drug-likeness (QED) is 0.760. The number of benzene rings is 1. The Morgan fingerprint density at radius 3 is 2.04 bits per heavy atom. The summed E-state index contributed by atoms with van der Waals surface area (Å²) in [4.78, 5) is 25.8. The molecule has 1 saturated heterocycles. The molecule has 7 heteroatoms. The highest BCUT2D eigenvalue weighted by atomic mass is 35.5. The standard InChI is InChI=1S/C17H26N4O2.ClH/c1-18-11-10-16(22)19-14-6-8-15(9-7-14)20-17(23)21-12-4-2-3-5-13-21;/h6-9,18H,2-5,10-13H2,1H3,(H,19,22)(H,20,23);1H. The second-order valence-corrected chi connectivity index (χ2v) is 5.81. The van der Waals surface area contributed by atoms with Crippen LogP contribution in [0.4, 0.5) is 16.2 Å². The van der Waals surface area contributed by atoms with E-state index in [2.05, 4.69) is 16.0 Å². The molecule has 1 aliphatic rings. The van der Waals surface area contributed by atoms with Crippen molar-refractivity contribution in [2.45, 2.75) is 32.1 Å². The topological polar surface area (TPSA) is 73.5 Å². The van der Waals surface area contributed by atoms with E-state index in [1.54, 1.807) is 12.1 Å². The van der Waals surface area contributed by atoms with Crippen LogP contribution in [-0.4, -0.2) is 43.5 Å². The summed E-state index contributed by atoms with van der Waals surface area (Å²) < 4.78 is 0. The molecular weight excluding hydrogens is 328 g/mol. The minimum atomic E-state index is -0.0438. The fourth-order valence-electron chi connectivity index (χ4n) is 2.58. The number of hydrogen-bond donors (Lipinski definition) is 3. The zero-order valence-electron chi connectivity index (χ0n) is 14.1. The molecule has 1 heterocycles. The molecule has 1 aliphatic heterocycles. The second kappa shape index (κ2) is 10.9. The first-order valence-electron chi connectivity index (χ1n) is 8.29. The molecule has 6 nitrogen and oxygen atoms in total. The van der Waals surface area contributed by atoms with Crippen molar-refractivity contribution < 1.29 is 9.59 Å². The molecule has 0 aromatic heterocycles. The zero-order chi connectivity index (χ0) is 16.5. The van der Waals surface area contributed by atoms with Crippen molar-refractivity contribution in [2.75, 3.05) is 37.3 Å². The van der Waals surface area contributed by atoms with Crippen LogP contribution in [0.5, 0.6) is 0 Å². The van der Waals surface area contributed by atoms with Gasteiger partial charge in [-0.05, 0) is 44.2 Å².